The van der Waals surface area contributed by atoms with Gasteiger partial charge >= 0.3 is 6.03 Å². The van der Waals surface area contributed by atoms with Crippen molar-refractivity contribution < 1.29 is 19.0 Å². The molecule has 1 N–H and O–H groups in total. The molecule has 0 aliphatic carbocycles. The number of ether oxygens (including phenoxy) is 3. The van der Waals surface area contributed by atoms with E-state index < -0.39 is 0 Å². The SMILES string of the molecule is COc1ccc(C2CCCN2C(=O)NCc2cccc(CN3CCOCC3)c2)c(OC)c1. The summed E-state index contributed by atoms with van der Waals surface area (Å²) in [7, 11) is 3.29. The topological polar surface area (TPSA) is 63.3 Å². The van der Waals surface area contributed by atoms with E-state index in [1.807, 2.05) is 23.1 Å². The number of hydrogen-bond acceptors (Lipinski definition) is 5. The molecule has 0 spiro atoms. The second kappa shape index (κ2) is 10.7. The van der Waals surface area contributed by atoms with Crippen LogP contribution >= 0.6 is 0 Å². The van der Waals surface area contributed by atoms with Crippen molar-refractivity contribution in [3.8, 4) is 11.5 Å². The van der Waals surface area contributed by atoms with Crippen LogP contribution < -0.4 is 14.8 Å². The predicted molar refractivity (Wildman–Crippen MR) is 123 cm³/mol. The van der Waals surface area contributed by atoms with Gasteiger partial charge in [0, 0.05) is 44.4 Å². The van der Waals surface area contributed by atoms with Crippen molar-refractivity contribution in [1.82, 2.24) is 15.1 Å². The number of carbonyl (C=O) groups is 1. The average Bonchev–Trinajstić information content (AvgIpc) is 3.33. The van der Waals surface area contributed by atoms with E-state index in [1.165, 1.54) is 5.56 Å². The van der Waals surface area contributed by atoms with Crippen molar-refractivity contribution in [2.24, 2.45) is 0 Å². The van der Waals surface area contributed by atoms with Gasteiger partial charge in [0.25, 0.3) is 0 Å². The molecule has 0 saturated carbocycles. The molecule has 32 heavy (non-hydrogen) atoms. The van der Waals surface area contributed by atoms with Crippen LogP contribution in [0.2, 0.25) is 0 Å². The maximum absolute atomic E-state index is 13.1. The van der Waals surface area contributed by atoms with Crippen molar-refractivity contribution in [2.75, 3.05) is 47.1 Å². The number of morpholine rings is 1. The summed E-state index contributed by atoms with van der Waals surface area (Å²) in [6, 6.07) is 14.2. The molecule has 4 rings (SSSR count). The number of amides is 2. The van der Waals surface area contributed by atoms with Gasteiger partial charge in [0.1, 0.15) is 11.5 Å². The zero-order valence-corrected chi connectivity index (χ0v) is 19.0. The number of carbonyl (C=O) groups excluding carboxylic acids is 1. The molecule has 2 fully saturated rings. The first-order chi connectivity index (χ1) is 15.7. The van der Waals surface area contributed by atoms with Crippen LogP contribution in [-0.4, -0.2) is 62.9 Å². The highest BCUT2D eigenvalue weighted by atomic mass is 16.5. The van der Waals surface area contributed by atoms with Crippen LogP contribution in [0.25, 0.3) is 0 Å². The van der Waals surface area contributed by atoms with E-state index in [-0.39, 0.29) is 12.1 Å². The monoisotopic (exact) mass is 439 g/mol. The molecule has 2 heterocycles. The zero-order chi connectivity index (χ0) is 22.3. The van der Waals surface area contributed by atoms with Crippen LogP contribution in [0.4, 0.5) is 4.79 Å². The third-order valence-corrected chi connectivity index (χ3v) is 6.26. The highest BCUT2D eigenvalue weighted by Gasteiger charge is 2.32. The highest BCUT2D eigenvalue weighted by molar-refractivity contribution is 5.75. The van der Waals surface area contributed by atoms with E-state index >= 15 is 0 Å². The Hall–Kier alpha value is -2.77. The summed E-state index contributed by atoms with van der Waals surface area (Å²) in [5.41, 5.74) is 3.40. The van der Waals surface area contributed by atoms with Crippen LogP contribution in [0.5, 0.6) is 11.5 Å². The molecule has 1 atom stereocenters. The Bertz CT molecular complexity index is 914. The smallest absolute Gasteiger partial charge is 0.318 e. The van der Waals surface area contributed by atoms with E-state index in [1.54, 1.807) is 14.2 Å². The normalized spacial score (nSPS) is 19.1. The lowest BCUT2D eigenvalue weighted by molar-refractivity contribution is 0.0342. The summed E-state index contributed by atoms with van der Waals surface area (Å²) < 4.78 is 16.3. The van der Waals surface area contributed by atoms with Crippen molar-refractivity contribution in [1.29, 1.82) is 0 Å². The summed E-state index contributed by atoms with van der Waals surface area (Å²) in [5, 5.41) is 3.12. The number of rotatable bonds is 7. The molecule has 2 saturated heterocycles. The molecule has 172 valence electrons. The van der Waals surface area contributed by atoms with Crippen LogP contribution in [-0.2, 0) is 17.8 Å². The third kappa shape index (κ3) is 5.34. The highest BCUT2D eigenvalue weighted by Crippen LogP contribution is 2.38. The quantitative estimate of drug-likeness (QED) is 0.715. The fourth-order valence-corrected chi connectivity index (χ4v) is 4.56. The summed E-state index contributed by atoms with van der Waals surface area (Å²) in [6.45, 7) is 5.69. The molecule has 1 unspecified atom stereocenters. The number of nitrogens with zero attached hydrogens (tertiary/aromatic N) is 2. The molecule has 0 bridgehead atoms. The summed E-state index contributed by atoms with van der Waals surface area (Å²) in [4.78, 5) is 17.4. The number of benzene rings is 2. The Balaban J connectivity index is 1.38. The average molecular weight is 440 g/mol. The van der Waals surface area contributed by atoms with Crippen LogP contribution in [0, 0.1) is 0 Å². The molecular formula is C25H33N3O4. The lowest BCUT2D eigenvalue weighted by Crippen LogP contribution is -2.39. The molecule has 2 amide bonds. The maximum Gasteiger partial charge on any atom is 0.318 e. The van der Waals surface area contributed by atoms with Gasteiger partial charge in [-0.2, -0.15) is 0 Å². The number of likely N-dealkylation sites (tertiary alicyclic amines) is 1. The zero-order valence-electron chi connectivity index (χ0n) is 19.0. The van der Waals surface area contributed by atoms with Crippen LogP contribution in [0.3, 0.4) is 0 Å². The minimum atomic E-state index is -0.0380. The summed E-state index contributed by atoms with van der Waals surface area (Å²) in [5.74, 6) is 1.50. The van der Waals surface area contributed by atoms with E-state index in [0.29, 0.717) is 6.54 Å². The van der Waals surface area contributed by atoms with Crippen molar-refractivity contribution in [3.63, 3.8) is 0 Å². The molecule has 2 aromatic rings. The Morgan fingerprint density at radius 2 is 1.88 bits per heavy atom. The molecule has 7 nitrogen and oxygen atoms in total. The molecule has 0 aromatic heterocycles. The first-order valence-corrected chi connectivity index (χ1v) is 11.3. The van der Waals surface area contributed by atoms with E-state index in [4.69, 9.17) is 14.2 Å². The summed E-state index contributed by atoms with van der Waals surface area (Å²) >= 11 is 0. The van der Waals surface area contributed by atoms with Gasteiger partial charge in [0.05, 0.1) is 33.5 Å². The fourth-order valence-electron chi connectivity index (χ4n) is 4.56. The molecule has 0 radical (unpaired) electrons. The molecule has 2 aliphatic rings. The second-order valence-corrected chi connectivity index (χ2v) is 8.33. The van der Waals surface area contributed by atoms with Crippen LogP contribution in [0.1, 0.15) is 35.6 Å². The Labute approximate surface area is 190 Å². The van der Waals surface area contributed by atoms with Gasteiger partial charge in [-0.15, -0.1) is 0 Å². The van der Waals surface area contributed by atoms with Crippen molar-refractivity contribution in [2.45, 2.75) is 32.0 Å². The second-order valence-electron chi connectivity index (χ2n) is 8.33. The molecule has 2 aromatic carbocycles. The molecule has 7 heteroatoms. The number of methoxy groups -OCH3 is 2. The minimum Gasteiger partial charge on any atom is -0.497 e. The molecular weight excluding hydrogens is 406 g/mol. The standard InChI is InChI=1S/C25H33N3O4/c1-30-21-8-9-22(24(16-21)31-2)23-7-4-10-28(23)25(29)26-17-19-5-3-6-20(15-19)18-27-11-13-32-14-12-27/h3,5-6,8-9,15-16,23H,4,7,10-14,17-18H2,1-2H3,(H,26,29). The Kier molecular flexibility index (Phi) is 7.50. The predicted octanol–water partition coefficient (Wildman–Crippen LogP) is 3.58. The van der Waals surface area contributed by atoms with Gasteiger partial charge in [-0.25, -0.2) is 4.79 Å². The van der Waals surface area contributed by atoms with Gasteiger partial charge in [0.2, 0.25) is 0 Å². The van der Waals surface area contributed by atoms with Gasteiger partial charge in [0.15, 0.2) is 0 Å². The van der Waals surface area contributed by atoms with Gasteiger partial charge < -0.3 is 24.4 Å². The Morgan fingerprint density at radius 1 is 1.06 bits per heavy atom. The fraction of sp³-hybridized carbons (Fsp3) is 0.480. The minimum absolute atomic E-state index is 0.00325. The van der Waals surface area contributed by atoms with E-state index in [9.17, 15) is 4.79 Å². The lowest BCUT2D eigenvalue weighted by Gasteiger charge is -2.27. The van der Waals surface area contributed by atoms with Gasteiger partial charge in [-0.1, -0.05) is 24.3 Å². The largest absolute Gasteiger partial charge is 0.497 e. The maximum atomic E-state index is 13.1. The van der Waals surface area contributed by atoms with Gasteiger partial charge in [-0.05, 0) is 36.1 Å². The Morgan fingerprint density at radius 3 is 2.66 bits per heavy atom. The number of hydrogen-bond donors (Lipinski definition) is 1. The van der Waals surface area contributed by atoms with E-state index in [2.05, 4.69) is 34.5 Å². The summed E-state index contributed by atoms with van der Waals surface area (Å²) in [6.07, 6.45) is 1.90. The van der Waals surface area contributed by atoms with Crippen LogP contribution in [0.15, 0.2) is 42.5 Å². The lowest BCUT2D eigenvalue weighted by atomic mass is 10.0. The van der Waals surface area contributed by atoms with Crippen molar-refractivity contribution in [3.05, 3.63) is 59.2 Å². The van der Waals surface area contributed by atoms with Gasteiger partial charge in [-0.3, -0.25) is 4.90 Å². The first kappa shape index (κ1) is 22.4. The molecule has 2 aliphatic heterocycles. The third-order valence-electron chi connectivity index (χ3n) is 6.26. The van der Waals surface area contributed by atoms with Crippen molar-refractivity contribution >= 4 is 6.03 Å². The number of nitrogens with one attached hydrogen (secondary N) is 1. The number of urea groups is 1. The first-order valence-electron chi connectivity index (χ1n) is 11.3. The van der Waals surface area contributed by atoms with E-state index in [0.717, 1.165) is 74.9 Å².